The zero-order chi connectivity index (χ0) is 18.0. The van der Waals surface area contributed by atoms with Crippen LogP contribution in [0.2, 0.25) is 0 Å². The van der Waals surface area contributed by atoms with Crippen LogP contribution in [-0.4, -0.2) is 23.3 Å². The van der Waals surface area contributed by atoms with Crippen LogP contribution in [0.3, 0.4) is 0 Å². The van der Waals surface area contributed by atoms with Crippen molar-refractivity contribution >= 4 is 23.2 Å². The Kier molecular flexibility index (Phi) is 4.70. The quantitative estimate of drug-likeness (QED) is 0.888. The van der Waals surface area contributed by atoms with E-state index in [1.807, 2.05) is 42.5 Å². The Morgan fingerprint density at radius 1 is 1.08 bits per heavy atom. The number of benzene rings is 2. The molecule has 3 rings (SSSR count). The van der Waals surface area contributed by atoms with Gasteiger partial charge in [0.15, 0.2) is 0 Å². The van der Waals surface area contributed by atoms with E-state index in [9.17, 15) is 9.59 Å². The average molecular weight is 334 g/mol. The summed E-state index contributed by atoms with van der Waals surface area (Å²) in [5, 5.41) is 2.96. The minimum Gasteiger partial charge on any atom is -0.326 e. The highest BCUT2D eigenvalue weighted by molar-refractivity contribution is 6.09. The number of carbonyl (C=O) groups is 2. The number of carbonyl (C=O) groups excluding carboxylic acids is 2. The monoisotopic (exact) mass is 334 g/mol. The first-order valence-corrected chi connectivity index (χ1v) is 8.48. The number of nitrogens with one attached hydrogen (secondary N) is 1. The molecule has 0 saturated heterocycles. The molecule has 1 N–H and O–H groups in total. The second-order valence-electron chi connectivity index (χ2n) is 6.49. The predicted octanol–water partition coefficient (Wildman–Crippen LogP) is 4.27. The summed E-state index contributed by atoms with van der Waals surface area (Å²) in [6, 6.07) is 15.2. The predicted molar refractivity (Wildman–Crippen MR) is 100 cm³/mol. The SMILES string of the molecule is C=C1c2ccccc2C(=O)N1CCC(=O)Nc1ccccc1C(C)C. The molecule has 4 heteroatoms. The Morgan fingerprint density at radius 2 is 1.72 bits per heavy atom. The van der Waals surface area contributed by atoms with Crippen molar-refractivity contribution in [1.82, 2.24) is 4.90 Å². The van der Waals surface area contributed by atoms with E-state index in [0.29, 0.717) is 23.7 Å². The lowest BCUT2D eigenvalue weighted by molar-refractivity contribution is -0.116. The normalized spacial score (nSPS) is 13.3. The Labute approximate surface area is 148 Å². The molecule has 1 aliphatic rings. The summed E-state index contributed by atoms with van der Waals surface area (Å²) in [5.74, 6) is 0.131. The van der Waals surface area contributed by atoms with Gasteiger partial charge in [-0.2, -0.15) is 0 Å². The zero-order valence-corrected chi connectivity index (χ0v) is 14.6. The van der Waals surface area contributed by atoms with E-state index in [-0.39, 0.29) is 18.2 Å². The molecular weight excluding hydrogens is 312 g/mol. The molecule has 4 nitrogen and oxygen atoms in total. The van der Waals surface area contributed by atoms with Crippen LogP contribution in [0.25, 0.3) is 5.70 Å². The molecule has 0 spiro atoms. The lowest BCUT2D eigenvalue weighted by atomic mass is 10.0. The molecule has 0 atom stereocenters. The number of nitrogens with zero attached hydrogens (tertiary/aromatic N) is 1. The van der Waals surface area contributed by atoms with Crippen LogP contribution in [-0.2, 0) is 4.79 Å². The summed E-state index contributed by atoms with van der Waals surface area (Å²) in [6.45, 7) is 8.51. The molecule has 1 aliphatic heterocycles. The van der Waals surface area contributed by atoms with Gasteiger partial charge in [-0.15, -0.1) is 0 Å². The number of para-hydroxylation sites is 1. The highest BCUT2D eigenvalue weighted by atomic mass is 16.2. The van der Waals surface area contributed by atoms with Crippen LogP contribution >= 0.6 is 0 Å². The third kappa shape index (κ3) is 3.33. The number of rotatable bonds is 5. The van der Waals surface area contributed by atoms with Gasteiger partial charge in [0.1, 0.15) is 0 Å². The van der Waals surface area contributed by atoms with Crippen molar-refractivity contribution in [2.75, 3.05) is 11.9 Å². The van der Waals surface area contributed by atoms with Gasteiger partial charge in [0.25, 0.3) is 5.91 Å². The summed E-state index contributed by atoms with van der Waals surface area (Å²) >= 11 is 0. The van der Waals surface area contributed by atoms with Gasteiger partial charge in [-0.1, -0.05) is 56.8 Å². The van der Waals surface area contributed by atoms with E-state index < -0.39 is 0 Å². The fraction of sp³-hybridized carbons (Fsp3) is 0.238. The molecule has 2 aromatic rings. The molecule has 0 aliphatic carbocycles. The van der Waals surface area contributed by atoms with Crippen LogP contribution in [0.15, 0.2) is 55.1 Å². The molecule has 2 aromatic carbocycles. The average Bonchev–Trinajstić information content (AvgIpc) is 2.85. The highest BCUT2D eigenvalue weighted by Gasteiger charge is 2.30. The summed E-state index contributed by atoms with van der Waals surface area (Å²) in [5.41, 5.74) is 4.09. The van der Waals surface area contributed by atoms with Gasteiger partial charge in [0, 0.05) is 35.5 Å². The number of fused-ring (bicyclic) bond motifs is 1. The highest BCUT2D eigenvalue weighted by Crippen LogP contribution is 2.31. The third-order valence-corrected chi connectivity index (χ3v) is 4.46. The second-order valence-corrected chi connectivity index (χ2v) is 6.49. The summed E-state index contributed by atoms with van der Waals surface area (Å²) in [4.78, 5) is 26.4. The van der Waals surface area contributed by atoms with Crippen molar-refractivity contribution in [3.05, 3.63) is 71.8 Å². The minimum atomic E-state index is -0.107. The molecule has 0 bridgehead atoms. The largest absolute Gasteiger partial charge is 0.326 e. The standard InChI is InChI=1S/C21H22N2O2/c1-14(2)16-8-6-7-11-19(16)22-20(24)12-13-23-15(3)17-9-4-5-10-18(17)21(23)25/h4-11,14H,3,12-13H2,1-2H3,(H,22,24). The van der Waals surface area contributed by atoms with Gasteiger partial charge in [-0.05, 0) is 23.6 Å². The van der Waals surface area contributed by atoms with Crippen molar-refractivity contribution in [3.8, 4) is 0 Å². The first kappa shape index (κ1) is 17.0. The third-order valence-electron chi connectivity index (χ3n) is 4.46. The van der Waals surface area contributed by atoms with Gasteiger partial charge in [0.05, 0.1) is 0 Å². The fourth-order valence-corrected chi connectivity index (χ4v) is 3.11. The van der Waals surface area contributed by atoms with E-state index in [0.717, 1.165) is 16.8 Å². The van der Waals surface area contributed by atoms with Gasteiger partial charge < -0.3 is 10.2 Å². The maximum absolute atomic E-state index is 12.5. The van der Waals surface area contributed by atoms with Gasteiger partial charge in [0.2, 0.25) is 5.91 Å². The molecule has 0 fully saturated rings. The number of anilines is 1. The Morgan fingerprint density at radius 3 is 2.40 bits per heavy atom. The molecule has 0 aromatic heterocycles. The van der Waals surface area contributed by atoms with Crippen LogP contribution in [0.4, 0.5) is 5.69 Å². The number of hydrogen-bond donors (Lipinski definition) is 1. The number of hydrogen-bond acceptors (Lipinski definition) is 2. The molecule has 0 saturated carbocycles. The Balaban J connectivity index is 1.64. The van der Waals surface area contributed by atoms with Gasteiger partial charge in [-0.3, -0.25) is 9.59 Å². The lowest BCUT2D eigenvalue weighted by Gasteiger charge is -2.18. The van der Waals surface area contributed by atoms with Gasteiger partial charge >= 0.3 is 0 Å². The van der Waals surface area contributed by atoms with E-state index in [1.165, 1.54) is 0 Å². The van der Waals surface area contributed by atoms with E-state index in [1.54, 1.807) is 11.0 Å². The zero-order valence-electron chi connectivity index (χ0n) is 14.6. The van der Waals surface area contributed by atoms with Crippen LogP contribution < -0.4 is 5.32 Å². The van der Waals surface area contributed by atoms with E-state index >= 15 is 0 Å². The lowest BCUT2D eigenvalue weighted by Crippen LogP contribution is -2.27. The molecule has 0 unspecified atom stereocenters. The van der Waals surface area contributed by atoms with Crippen molar-refractivity contribution in [1.29, 1.82) is 0 Å². The van der Waals surface area contributed by atoms with Crippen molar-refractivity contribution in [3.63, 3.8) is 0 Å². The topological polar surface area (TPSA) is 49.4 Å². The second kappa shape index (κ2) is 6.93. The van der Waals surface area contributed by atoms with Crippen LogP contribution in [0.5, 0.6) is 0 Å². The Bertz CT molecular complexity index is 804. The Hall–Kier alpha value is -2.88. The smallest absolute Gasteiger partial charge is 0.258 e. The molecule has 1 heterocycles. The molecule has 0 radical (unpaired) electrons. The molecule has 2 amide bonds. The van der Waals surface area contributed by atoms with Crippen LogP contribution in [0, 0.1) is 0 Å². The summed E-state index contributed by atoms with van der Waals surface area (Å²) in [7, 11) is 0. The maximum Gasteiger partial charge on any atom is 0.258 e. The van der Waals surface area contributed by atoms with Crippen molar-refractivity contribution < 1.29 is 9.59 Å². The molecule has 25 heavy (non-hydrogen) atoms. The first-order valence-electron chi connectivity index (χ1n) is 8.48. The first-order chi connectivity index (χ1) is 12.0. The van der Waals surface area contributed by atoms with Crippen LogP contribution in [0.1, 0.15) is 47.7 Å². The fourth-order valence-electron chi connectivity index (χ4n) is 3.11. The molecule has 128 valence electrons. The van der Waals surface area contributed by atoms with E-state index in [4.69, 9.17) is 0 Å². The number of amides is 2. The van der Waals surface area contributed by atoms with Gasteiger partial charge in [-0.25, -0.2) is 0 Å². The summed E-state index contributed by atoms with van der Waals surface area (Å²) in [6.07, 6.45) is 0.227. The van der Waals surface area contributed by atoms with E-state index in [2.05, 4.69) is 25.7 Å². The summed E-state index contributed by atoms with van der Waals surface area (Å²) < 4.78 is 0. The maximum atomic E-state index is 12.5. The van der Waals surface area contributed by atoms with Crippen molar-refractivity contribution in [2.45, 2.75) is 26.2 Å². The minimum absolute atomic E-state index is 0.0871. The molecular formula is C21H22N2O2. The van der Waals surface area contributed by atoms with Crippen molar-refractivity contribution in [2.24, 2.45) is 0 Å².